The summed E-state index contributed by atoms with van der Waals surface area (Å²) in [4.78, 5) is 17.2. The first kappa shape index (κ1) is 21.8. The van der Waals surface area contributed by atoms with E-state index in [4.69, 9.17) is 9.47 Å². The number of piperazine rings is 1. The quantitative estimate of drug-likeness (QED) is 0.675. The number of fused-ring (bicyclic) bond motifs is 1. The summed E-state index contributed by atoms with van der Waals surface area (Å²) in [6, 6.07) is 6.44. The summed E-state index contributed by atoms with van der Waals surface area (Å²) < 4.78 is 11.2. The van der Waals surface area contributed by atoms with E-state index in [1.807, 2.05) is 12.1 Å². The van der Waals surface area contributed by atoms with Gasteiger partial charge in [-0.15, -0.1) is 0 Å². The molecular formula is C25H37N3O4. The maximum Gasteiger partial charge on any atom is 0.231 e. The highest BCUT2D eigenvalue weighted by Crippen LogP contribution is 2.41. The molecule has 2 aliphatic carbocycles. The molecule has 7 heteroatoms. The average molecular weight is 444 g/mol. The second kappa shape index (κ2) is 9.48. The van der Waals surface area contributed by atoms with E-state index in [9.17, 15) is 9.90 Å². The lowest BCUT2D eigenvalue weighted by atomic mass is 9.77. The van der Waals surface area contributed by atoms with Gasteiger partial charge < -0.3 is 24.8 Å². The highest BCUT2D eigenvalue weighted by atomic mass is 16.7. The molecule has 5 rings (SSSR count). The smallest absolute Gasteiger partial charge is 0.231 e. The SMILES string of the molecule is O=C(CC1(O)CCC1)NC1CCC(CCN2CCN(c3cccc4c3OCO4)CC2)CC1. The second-order valence-electron chi connectivity index (χ2n) is 10.2. The number of para-hydroxylation sites is 1. The number of aliphatic hydroxyl groups is 1. The third-order valence-corrected chi connectivity index (χ3v) is 7.93. The Morgan fingerprint density at radius 1 is 1.09 bits per heavy atom. The van der Waals surface area contributed by atoms with Crippen molar-refractivity contribution in [3.63, 3.8) is 0 Å². The van der Waals surface area contributed by atoms with Crippen LogP contribution in [0.2, 0.25) is 0 Å². The van der Waals surface area contributed by atoms with Gasteiger partial charge in [-0.25, -0.2) is 0 Å². The third-order valence-electron chi connectivity index (χ3n) is 7.93. The molecule has 32 heavy (non-hydrogen) atoms. The predicted octanol–water partition coefficient (Wildman–Crippen LogP) is 2.91. The largest absolute Gasteiger partial charge is 0.454 e. The minimum atomic E-state index is -0.716. The molecule has 0 atom stereocenters. The molecule has 0 spiro atoms. The van der Waals surface area contributed by atoms with Gasteiger partial charge in [-0.2, -0.15) is 0 Å². The average Bonchev–Trinajstić information content (AvgIpc) is 3.27. The van der Waals surface area contributed by atoms with Gasteiger partial charge in [-0.05, 0) is 76.0 Å². The Labute approximate surface area is 191 Å². The number of carbonyl (C=O) groups is 1. The van der Waals surface area contributed by atoms with Crippen LogP contribution in [0.1, 0.15) is 57.8 Å². The van der Waals surface area contributed by atoms with Gasteiger partial charge in [0, 0.05) is 32.2 Å². The van der Waals surface area contributed by atoms with E-state index < -0.39 is 5.60 Å². The molecule has 7 nitrogen and oxygen atoms in total. The van der Waals surface area contributed by atoms with Crippen molar-refractivity contribution in [2.45, 2.75) is 69.4 Å². The Balaban J connectivity index is 0.995. The summed E-state index contributed by atoms with van der Waals surface area (Å²) in [5.41, 5.74) is 0.441. The van der Waals surface area contributed by atoms with E-state index in [0.29, 0.717) is 12.8 Å². The van der Waals surface area contributed by atoms with Crippen LogP contribution in [0.25, 0.3) is 0 Å². The van der Waals surface area contributed by atoms with Gasteiger partial charge in [0.25, 0.3) is 0 Å². The van der Waals surface area contributed by atoms with Gasteiger partial charge in [0.2, 0.25) is 12.7 Å². The minimum Gasteiger partial charge on any atom is -0.454 e. The van der Waals surface area contributed by atoms with Crippen LogP contribution in [0.3, 0.4) is 0 Å². The zero-order valence-electron chi connectivity index (χ0n) is 19.1. The second-order valence-corrected chi connectivity index (χ2v) is 10.2. The molecule has 176 valence electrons. The number of ether oxygens (including phenoxy) is 2. The summed E-state index contributed by atoms with van der Waals surface area (Å²) in [7, 11) is 0. The fraction of sp³-hybridized carbons (Fsp3) is 0.720. The van der Waals surface area contributed by atoms with Crippen LogP contribution in [0.5, 0.6) is 11.5 Å². The number of hydrogen-bond acceptors (Lipinski definition) is 6. The first-order chi connectivity index (χ1) is 15.6. The highest BCUT2D eigenvalue weighted by molar-refractivity contribution is 5.77. The van der Waals surface area contributed by atoms with Crippen molar-refractivity contribution in [2.24, 2.45) is 5.92 Å². The fourth-order valence-electron chi connectivity index (χ4n) is 5.68. The Bertz CT molecular complexity index is 796. The highest BCUT2D eigenvalue weighted by Gasteiger charge is 2.37. The molecule has 0 bridgehead atoms. The molecule has 2 N–H and O–H groups in total. The number of hydrogen-bond donors (Lipinski definition) is 2. The van der Waals surface area contributed by atoms with Crippen LogP contribution in [-0.4, -0.2) is 67.1 Å². The van der Waals surface area contributed by atoms with E-state index in [2.05, 4.69) is 21.2 Å². The van der Waals surface area contributed by atoms with Crippen LogP contribution in [0.4, 0.5) is 5.69 Å². The number of carbonyl (C=O) groups excluding carboxylic acids is 1. The van der Waals surface area contributed by atoms with Gasteiger partial charge in [-0.3, -0.25) is 9.69 Å². The van der Waals surface area contributed by atoms with Crippen LogP contribution in [0.15, 0.2) is 18.2 Å². The molecule has 3 fully saturated rings. The van der Waals surface area contributed by atoms with Crippen molar-refractivity contribution in [3.8, 4) is 11.5 Å². The van der Waals surface area contributed by atoms with E-state index >= 15 is 0 Å². The first-order valence-corrected chi connectivity index (χ1v) is 12.5. The van der Waals surface area contributed by atoms with Crippen LogP contribution in [-0.2, 0) is 4.79 Å². The van der Waals surface area contributed by atoms with Gasteiger partial charge >= 0.3 is 0 Å². The lowest BCUT2D eigenvalue weighted by molar-refractivity contribution is -0.131. The predicted molar refractivity (Wildman–Crippen MR) is 123 cm³/mol. The number of nitrogens with zero attached hydrogens (tertiary/aromatic N) is 2. The molecule has 1 saturated heterocycles. The Kier molecular flexibility index (Phi) is 6.47. The Hall–Kier alpha value is -1.99. The maximum absolute atomic E-state index is 12.2. The molecule has 2 aliphatic heterocycles. The number of benzene rings is 1. The van der Waals surface area contributed by atoms with E-state index in [0.717, 1.165) is 87.9 Å². The van der Waals surface area contributed by atoms with Gasteiger partial charge in [0.15, 0.2) is 11.5 Å². The van der Waals surface area contributed by atoms with Crippen molar-refractivity contribution >= 4 is 11.6 Å². The van der Waals surface area contributed by atoms with Crippen LogP contribution in [0, 0.1) is 5.92 Å². The number of rotatable bonds is 7. The van der Waals surface area contributed by atoms with Gasteiger partial charge in [0.1, 0.15) is 0 Å². The minimum absolute atomic E-state index is 0.0366. The molecule has 0 radical (unpaired) electrons. The lowest BCUT2D eigenvalue weighted by Crippen LogP contribution is -2.47. The van der Waals surface area contributed by atoms with Crippen molar-refractivity contribution in [2.75, 3.05) is 44.4 Å². The van der Waals surface area contributed by atoms with E-state index in [-0.39, 0.29) is 12.3 Å². The molecule has 0 aromatic heterocycles. The van der Waals surface area contributed by atoms with Crippen molar-refractivity contribution in [1.29, 1.82) is 0 Å². The summed E-state index contributed by atoms with van der Waals surface area (Å²) >= 11 is 0. The number of amides is 1. The molecule has 2 heterocycles. The fourth-order valence-corrected chi connectivity index (χ4v) is 5.68. The molecule has 4 aliphatic rings. The lowest BCUT2D eigenvalue weighted by Gasteiger charge is -2.38. The maximum atomic E-state index is 12.2. The standard InChI is InChI=1S/C25H37N3O4/c29-23(17-25(30)10-2-11-25)26-20-7-5-19(6-8-20)9-12-27-13-15-28(16-14-27)21-3-1-4-22-24(21)32-18-31-22/h1,3-4,19-20,30H,2,5-18H2,(H,26,29). The molecule has 1 aromatic carbocycles. The molecule has 1 aromatic rings. The third kappa shape index (κ3) is 4.99. The summed E-state index contributed by atoms with van der Waals surface area (Å²) in [6.07, 6.45) is 8.66. The summed E-state index contributed by atoms with van der Waals surface area (Å²) in [5, 5.41) is 13.4. The Morgan fingerprint density at radius 3 is 2.59 bits per heavy atom. The van der Waals surface area contributed by atoms with Gasteiger partial charge in [-0.1, -0.05) is 6.07 Å². The molecule has 1 amide bonds. The summed E-state index contributed by atoms with van der Waals surface area (Å²) in [5.74, 6) is 2.55. The molecular weight excluding hydrogens is 406 g/mol. The topological polar surface area (TPSA) is 74.3 Å². The summed E-state index contributed by atoms with van der Waals surface area (Å²) in [6.45, 7) is 5.68. The Morgan fingerprint density at radius 2 is 1.88 bits per heavy atom. The molecule has 0 unspecified atom stereocenters. The van der Waals surface area contributed by atoms with E-state index in [1.54, 1.807) is 0 Å². The number of nitrogens with one attached hydrogen (secondary N) is 1. The van der Waals surface area contributed by atoms with Gasteiger partial charge in [0.05, 0.1) is 17.7 Å². The van der Waals surface area contributed by atoms with Crippen molar-refractivity contribution < 1.29 is 19.4 Å². The van der Waals surface area contributed by atoms with Crippen LogP contribution < -0.4 is 19.7 Å². The first-order valence-electron chi connectivity index (χ1n) is 12.5. The van der Waals surface area contributed by atoms with Crippen molar-refractivity contribution in [3.05, 3.63) is 18.2 Å². The zero-order valence-corrected chi connectivity index (χ0v) is 19.1. The monoisotopic (exact) mass is 443 g/mol. The number of anilines is 1. The van der Waals surface area contributed by atoms with E-state index in [1.165, 1.54) is 19.3 Å². The molecule has 2 saturated carbocycles. The normalized spacial score (nSPS) is 27.1. The zero-order chi connectivity index (χ0) is 22.0. The van der Waals surface area contributed by atoms with Crippen molar-refractivity contribution in [1.82, 2.24) is 10.2 Å². The van der Waals surface area contributed by atoms with Crippen LogP contribution >= 0.6 is 0 Å².